The van der Waals surface area contributed by atoms with Crippen LogP contribution in [0.2, 0.25) is 0 Å². The fourth-order valence-electron chi connectivity index (χ4n) is 4.60. The predicted octanol–water partition coefficient (Wildman–Crippen LogP) is 4.80. The van der Waals surface area contributed by atoms with E-state index < -0.39 is 12.1 Å². The van der Waals surface area contributed by atoms with Crippen molar-refractivity contribution in [2.45, 2.75) is 64.5 Å². The topological polar surface area (TPSA) is 95.9 Å². The second-order valence-electron chi connectivity index (χ2n) is 8.98. The van der Waals surface area contributed by atoms with E-state index >= 15 is 0 Å². The smallest absolute Gasteiger partial charge is 0.407 e. The van der Waals surface area contributed by atoms with Gasteiger partial charge in [-0.15, -0.1) is 0 Å². The molecule has 2 N–H and O–H groups in total. The number of ether oxygens (including phenoxy) is 1. The lowest BCUT2D eigenvalue weighted by atomic mass is 9.98. The van der Waals surface area contributed by atoms with Gasteiger partial charge in [0.25, 0.3) is 0 Å². The molecule has 0 heterocycles. The van der Waals surface area contributed by atoms with Crippen LogP contribution in [0.4, 0.5) is 4.79 Å². The SMILES string of the molecule is CCCC(CC(=O)N(CCC(=O)O)C(C)C)NC(=O)OCC1c2ccccc2-c2ccccc21. The summed E-state index contributed by atoms with van der Waals surface area (Å²) < 4.78 is 5.63. The average molecular weight is 467 g/mol. The monoisotopic (exact) mass is 466 g/mol. The highest BCUT2D eigenvalue weighted by Crippen LogP contribution is 2.44. The first-order valence-corrected chi connectivity index (χ1v) is 11.9. The van der Waals surface area contributed by atoms with Crippen molar-refractivity contribution in [1.82, 2.24) is 10.2 Å². The minimum Gasteiger partial charge on any atom is -0.481 e. The van der Waals surface area contributed by atoms with Gasteiger partial charge in [-0.25, -0.2) is 4.79 Å². The number of carboxylic acids is 1. The van der Waals surface area contributed by atoms with E-state index in [4.69, 9.17) is 9.84 Å². The van der Waals surface area contributed by atoms with Gasteiger partial charge in [-0.3, -0.25) is 9.59 Å². The molecular weight excluding hydrogens is 432 g/mol. The van der Waals surface area contributed by atoms with E-state index in [1.54, 1.807) is 4.90 Å². The Labute approximate surface area is 201 Å². The Balaban J connectivity index is 1.61. The van der Waals surface area contributed by atoms with E-state index in [-0.39, 0.29) is 49.9 Å². The lowest BCUT2D eigenvalue weighted by molar-refractivity contribution is -0.139. The number of rotatable bonds is 11. The second-order valence-corrected chi connectivity index (χ2v) is 8.98. The number of nitrogens with one attached hydrogen (secondary N) is 1. The summed E-state index contributed by atoms with van der Waals surface area (Å²) in [6.45, 7) is 6.06. The maximum Gasteiger partial charge on any atom is 0.407 e. The highest BCUT2D eigenvalue weighted by molar-refractivity contribution is 5.80. The molecule has 3 rings (SSSR count). The molecule has 0 spiro atoms. The summed E-state index contributed by atoms with van der Waals surface area (Å²) in [5, 5.41) is 11.8. The van der Waals surface area contributed by atoms with Gasteiger partial charge in [0.15, 0.2) is 0 Å². The Hall–Kier alpha value is -3.35. The van der Waals surface area contributed by atoms with Crippen molar-refractivity contribution in [3.8, 4) is 11.1 Å². The molecule has 7 nitrogen and oxygen atoms in total. The van der Waals surface area contributed by atoms with Crippen molar-refractivity contribution in [2.75, 3.05) is 13.2 Å². The van der Waals surface area contributed by atoms with Crippen LogP contribution < -0.4 is 5.32 Å². The van der Waals surface area contributed by atoms with Gasteiger partial charge in [0.05, 0.1) is 6.42 Å². The second kappa shape index (κ2) is 11.7. The van der Waals surface area contributed by atoms with Crippen LogP contribution in [0, 0.1) is 0 Å². The van der Waals surface area contributed by atoms with Crippen LogP contribution in [0.15, 0.2) is 48.5 Å². The maximum absolute atomic E-state index is 12.8. The molecule has 7 heteroatoms. The van der Waals surface area contributed by atoms with Crippen LogP contribution in [0.5, 0.6) is 0 Å². The van der Waals surface area contributed by atoms with E-state index in [9.17, 15) is 14.4 Å². The third-order valence-corrected chi connectivity index (χ3v) is 6.23. The summed E-state index contributed by atoms with van der Waals surface area (Å²) in [7, 11) is 0. The average Bonchev–Trinajstić information content (AvgIpc) is 3.11. The molecule has 34 heavy (non-hydrogen) atoms. The van der Waals surface area contributed by atoms with E-state index in [1.165, 1.54) is 0 Å². The van der Waals surface area contributed by atoms with Gasteiger partial charge in [-0.05, 0) is 42.5 Å². The number of hydrogen-bond acceptors (Lipinski definition) is 4. The van der Waals surface area contributed by atoms with Gasteiger partial charge in [0, 0.05) is 31.0 Å². The molecule has 1 aliphatic carbocycles. The Morgan fingerprint density at radius 3 is 2.15 bits per heavy atom. The number of aliphatic carboxylic acids is 1. The van der Waals surface area contributed by atoms with E-state index in [0.717, 1.165) is 28.7 Å². The van der Waals surface area contributed by atoms with Crippen LogP contribution in [0.25, 0.3) is 11.1 Å². The van der Waals surface area contributed by atoms with Gasteiger partial charge < -0.3 is 20.1 Å². The quantitative estimate of drug-likeness (QED) is 0.496. The Morgan fingerprint density at radius 2 is 1.62 bits per heavy atom. The molecule has 0 radical (unpaired) electrons. The minimum absolute atomic E-state index is 0.0307. The Morgan fingerprint density at radius 1 is 1.03 bits per heavy atom. The number of amides is 2. The lowest BCUT2D eigenvalue weighted by Crippen LogP contribution is -2.44. The molecule has 182 valence electrons. The number of hydrogen-bond donors (Lipinski definition) is 2. The molecule has 0 saturated carbocycles. The fourth-order valence-corrected chi connectivity index (χ4v) is 4.60. The van der Waals surface area contributed by atoms with Crippen molar-refractivity contribution < 1.29 is 24.2 Å². The predicted molar refractivity (Wildman–Crippen MR) is 131 cm³/mol. The molecule has 1 unspecified atom stereocenters. The van der Waals surface area contributed by atoms with Crippen molar-refractivity contribution in [2.24, 2.45) is 0 Å². The summed E-state index contributed by atoms with van der Waals surface area (Å²) in [6.07, 6.45) is 0.867. The van der Waals surface area contributed by atoms with Crippen molar-refractivity contribution in [3.63, 3.8) is 0 Å². The highest BCUT2D eigenvalue weighted by Gasteiger charge is 2.29. The highest BCUT2D eigenvalue weighted by atomic mass is 16.5. The maximum atomic E-state index is 12.8. The van der Waals surface area contributed by atoms with Crippen LogP contribution in [0.1, 0.15) is 63.5 Å². The van der Waals surface area contributed by atoms with Gasteiger partial charge in [-0.2, -0.15) is 0 Å². The summed E-state index contributed by atoms with van der Waals surface area (Å²) in [5.41, 5.74) is 4.61. The zero-order chi connectivity index (χ0) is 24.7. The molecule has 2 aromatic rings. The van der Waals surface area contributed by atoms with E-state index in [2.05, 4.69) is 29.6 Å². The first kappa shape index (κ1) is 25.3. The zero-order valence-corrected chi connectivity index (χ0v) is 20.1. The lowest BCUT2D eigenvalue weighted by Gasteiger charge is -2.28. The molecule has 0 fully saturated rings. The molecule has 1 aliphatic rings. The fraction of sp³-hybridized carbons (Fsp3) is 0.444. The van der Waals surface area contributed by atoms with Crippen LogP contribution >= 0.6 is 0 Å². The van der Waals surface area contributed by atoms with Crippen LogP contribution in [-0.2, 0) is 14.3 Å². The largest absolute Gasteiger partial charge is 0.481 e. The summed E-state index contributed by atoms with van der Waals surface area (Å²) >= 11 is 0. The molecule has 0 aliphatic heterocycles. The third-order valence-electron chi connectivity index (χ3n) is 6.23. The number of carbonyl (C=O) groups is 3. The normalized spacial score (nSPS) is 13.2. The molecule has 2 amide bonds. The number of nitrogens with zero attached hydrogens (tertiary/aromatic N) is 1. The van der Waals surface area contributed by atoms with Gasteiger partial charge in [0.2, 0.25) is 5.91 Å². The van der Waals surface area contributed by atoms with Crippen LogP contribution in [0.3, 0.4) is 0 Å². The third kappa shape index (κ3) is 6.16. The first-order valence-electron chi connectivity index (χ1n) is 11.9. The standard InChI is InChI=1S/C27H34N2O5/c1-4-9-19(16-25(30)29(18(2)3)15-14-26(31)32)28-27(33)34-17-24-22-12-7-5-10-20(22)21-11-6-8-13-23(21)24/h5-8,10-13,18-19,24H,4,9,14-17H2,1-3H3,(H,28,33)(H,31,32). The van der Waals surface area contributed by atoms with Gasteiger partial charge in [-0.1, -0.05) is 61.9 Å². The number of benzene rings is 2. The van der Waals surface area contributed by atoms with Crippen molar-refractivity contribution in [1.29, 1.82) is 0 Å². The molecule has 1 atom stereocenters. The van der Waals surface area contributed by atoms with E-state index in [0.29, 0.717) is 6.42 Å². The molecule has 2 aromatic carbocycles. The van der Waals surface area contributed by atoms with Crippen LogP contribution in [-0.4, -0.2) is 53.2 Å². The minimum atomic E-state index is -0.944. The van der Waals surface area contributed by atoms with Crippen molar-refractivity contribution >= 4 is 18.0 Å². The summed E-state index contributed by atoms with van der Waals surface area (Å²) in [4.78, 5) is 38.0. The molecule has 0 bridgehead atoms. The molecular formula is C27H34N2O5. The number of fused-ring (bicyclic) bond motifs is 3. The van der Waals surface area contributed by atoms with Crippen molar-refractivity contribution in [3.05, 3.63) is 59.7 Å². The number of carbonyl (C=O) groups excluding carboxylic acids is 2. The van der Waals surface area contributed by atoms with E-state index in [1.807, 2.05) is 45.0 Å². The summed E-state index contributed by atoms with van der Waals surface area (Å²) in [6, 6.07) is 15.8. The zero-order valence-electron chi connectivity index (χ0n) is 20.1. The first-order chi connectivity index (χ1) is 16.3. The Kier molecular flexibility index (Phi) is 8.68. The number of carboxylic acid groups (broad SMARTS) is 1. The number of alkyl carbamates (subject to hydrolysis) is 1. The Bertz CT molecular complexity index is 974. The molecule has 0 aromatic heterocycles. The van der Waals surface area contributed by atoms with Gasteiger partial charge in [0.1, 0.15) is 6.61 Å². The summed E-state index contributed by atoms with van der Waals surface area (Å²) in [5.74, 6) is -1.15. The van der Waals surface area contributed by atoms with Gasteiger partial charge >= 0.3 is 12.1 Å². The molecule has 0 saturated heterocycles.